The van der Waals surface area contributed by atoms with Gasteiger partial charge in [0.2, 0.25) is 0 Å². The van der Waals surface area contributed by atoms with Crippen LogP contribution in [0.3, 0.4) is 0 Å². The van der Waals surface area contributed by atoms with Crippen molar-refractivity contribution in [2.24, 2.45) is 5.73 Å². The number of nitrogens with zero attached hydrogens (tertiary/aromatic N) is 3. The molecule has 106 valence electrons. The fourth-order valence-corrected chi connectivity index (χ4v) is 2.59. The molecule has 0 amide bonds. The molecule has 1 aliphatic heterocycles. The van der Waals surface area contributed by atoms with Crippen LogP contribution in [0.4, 0.5) is 5.82 Å². The van der Waals surface area contributed by atoms with Crippen molar-refractivity contribution in [1.29, 1.82) is 0 Å². The molecule has 2 N–H and O–H groups in total. The molecule has 1 aromatic heterocycles. The number of likely N-dealkylation sites (tertiary alicyclic amines) is 1. The monoisotopic (exact) mass is 262 g/mol. The molecule has 0 radical (unpaired) electrons. The third kappa shape index (κ3) is 3.45. The minimum atomic E-state index is 0.471. The Morgan fingerprint density at radius 3 is 2.84 bits per heavy atom. The van der Waals surface area contributed by atoms with Gasteiger partial charge < -0.3 is 10.6 Å². The summed E-state index contributed by atoms with van der Waals surface area (Å²) < 4.78 is 0. The van der Waals surface area contributed by atoms with E-state index in [1.54, 1.807) is 0 Å². The lowest BCUT2D eigenvalue weighted by Crippen LogP contribution is -2.34. The highest BCUT2D eigenvalue weighted by molar-refractivity contribution is 5.39. The first-order chi connectivity index (χ1) is 9.11. The number of pyridine rings is 1. The standard InChI is InChI=1S/C15H26N4/c1-12(2)18(3)15-7-6-13(10-17-15)11-19-8-4-5-14(19)9-16/h6-7,10,12,14H,4-5,8-9,11,16H2,1-3H3. The Kier molecular flexibility index (Phi) is 4.77. The van der Waals surface area contributed by atoms with Crippen molar-refractivity contribution in [2.45, 2.75) is 45.3 Å². The Hall–Kier alpha value is -1.13. The first-order valence-electron chi connectivity index (χ1n) is 7.23. The number of hydrogen-bond acceptors (Lipinski definition) is 4. The van der Waals surface area contributed by atoms with Crippen LogP contribution in [0.2, 0.25) is 0 Å². The van der Waals surface area contributed by atoms with Gasteiger partial charge in [-0.1, -0.05) is 6.07 Å². The highest BCUT2D eigenvalue weighted by Crippen LogP contribution is 2.20. The smallest absolute Gasteiger partial charge is 0.128 e. The normalized spacial score (nSPS) is 20.2. The van der Waals surface area contributed by atoms with Gasteiger partial charge in [-0.05, 0) is 44.9 Å². The van der Waals surface area contributed by atoms with E-state index in [2.05, 4.69) is 47.8 Å². The van der Waals surface area contributed by atoms with Gasteiger partial charge in [-0.2, -0.15) is 0 Å². The summed E-state index contributed by atoms with van der Waals surface area (Å²) in [6, 6.07) is 5.33. The largest absolute Gasteiger partial charge is 0.357 e. The van der Waals surface area contributed by atoms with Gasteiger partial charge in [0.25, 0.3) is 0 Å². The Morgan fingerprint density at radius 1 is 1.47 bits per heavy atom. The van der Waals surface area contributed by atoms with Gasteiger partial charge in [0.05, 0.1) is 0 Å². The van der Waals surface area contributed by atoms with Crippen molar-refractivity contribution < 1.29 is 0 Å². The van der Waals surface area contributed by atoms with E-state index < -0.39 is 0 Å². The first-order valence-corrected chi connectivity index (χ1v) is 7.23. The van der Waals surface area contributed by atoms with E-state index in [1.165, 1.54) is 18.4 Å². The van der Waals surface area contributed by atoms with Crippen LogP contribution in [0.5, 0.6) is 0 Å². The van der Waals surface area contributed by atoms with E-state index >= 15 is 0 Å². The molecular formula is C15H26N4. The summed E-state index contributed by atoms with van der Waals surface area (Å²) in [4.78, 5) is 9.22. The number of nitrogens with two attached hydrogens (primary N) is 1. The maximum atomic E-state index is 5.81. The molecule has 1 fully saturated rings. The summed E-state index contributed by atoms with van der Waals surface area (Å²) in [5, 5.41) is 0. The van der Waals surface area contributed by atoms with E-state index in [9.17, 15) is 0 Å². The molecular weight excluding hydrogens is 236 g/mol. The van der Waals surface area contributed by atoms with Crippen LogP contribution in [0.15, 0.2) is 18.3 Å². The SMILES string of the molecule is CC(C)N(C)c1ccc(CN2CCCC2CN)cn1. The zero-order valence-electron chi connectivity index (χ0n) is 12.3. The van der Waals surface area contributed by atoms with Gasteiger partial charge in [-0.15, -0.1) is 0 Å². The Morgan fingerprint density at radius 2 is 2.26 bits per heavy atom. The summed E-state index contributed by atoms with van der Waals surface area (Å²) in [6.07, 6.45) is 4.50. The average Bonchev–Trinajstić information content (AvgIpc) is 2.86. The van der Waals surface area contributed by atoms with E-state index in [-0.39, 0.29) is 0 Å². The van der Waals surface area contributed by atoms with Crippen molar-refractivity contribution in [3.05, 3.63) is 23.9 Å². The number of anilines is 1. The van der Waals surface area contributed by atoms with Crippen LogP contribution in [-0.2, 0) is 6.54 Å². The number of hydrogen-bond donors (Lipinski definition) is 1. The quantitative estimate of drug-likeness (QED) is 0.879. The highest BCUT2D eigenvalue weighted by atomic mass is 15.2. The molecule has 0 saturated carbocycles. The summed E-state index contributed by atoms with van der Waals surface area (Å²) >= 11 is 0. The topological polar surface area (TPSA) is 45.4 Å². The minimum absolute atomic E-state index is 0.471. The lowest BCUT2D eigenvalue weighted by Gasteiger charge is -2.24. The van der Waals surface area contributed by atoms with Gasteiger partial charge in [0.1, 0.15) is 5.82 Å². The van der Waals surface area contributed by atoms with Crippen LogP contribution in [0, 0.1) is 0 Å². The van der Waals surface area contributed by atoms with Crippen LogP contribution in [0.1, 0.15) is 32.3 Å². The molecule has 1 unspecified atom stereocenters. The fraction of sp³-hybridized carbons (Fsp3) is 0.667. The van der Waals surface area contributed by atoms with Gasteiger partial charge in [-0.3, -0.25) is 4.90 Å². The molecule has 2 rings (SSSR count). The van der Waals surface area contributed by atoms with Crippen molar-refractivity contribution in [3.8, 4) is 0 Å². The molecule has 4 nitrogen and oxygen atoms in total. The van der Waals surface area contributed by atoms with Crippen molar-refractivity contribution in [3.63, 3.8) is 0 Å². The fourth-order valence-electron chi connectivity index (χ4n) is 2.59. The molecule has 1 aromatic rings. The third-order valence-electron chi connectivity index (χ3n) is 4.10. The first kappa shape index (κ1) is 14.3. The maximum absolute atomic E-state index is 5.81. The van der Waals surface area contributed by atoms with E-state index in [4.69, 9.17) is 5.73 Å². The zero-order chi connectivity index (χ0) is 13.8. The average molecular weight is 262 g/mol. The van der Waals surface area contributed by atoms with Crippen LogP contribution < -0.4 is 10.6 Å². The lowest BCUT2D eigenvalue weighted by molar-refractivity contribution is 0.250. The van der Waals surface area contributed by atoms with Gasteiger partial charge in [-0.25, -0.2) is 4.98 Å². The summed E-state index contributed by atoms with van der Waals surface area (Å²) in [5.74, 6) is 1.04. The van der Waals surface area contributed by atoms with Crippen LogP contribution in [0.25, 0.3) is 0 Å². The Labute approximate surface area is 116 Å². The second-order valence-electron chi connectivity index (χ2n) is 5.73. The molecule has 19 heavy (non-hydrogen) atoms. The molecule has 0 aliphatic carbocycles. The second-order valence-corrected chi connectivity index (χ2v) is 5.73. The molecule has 1 saturated heterocycles. The molecule has 0 aromatic carbocycles. The summed E-state index contributed by atoms with van der Waals surface area (Å²) in [6.45, 7) is 7.25. The predicted molar refractivity (Wildman–Crippen MR) is 80.3 cm³/mol. The van der Waals surface area contributed by atoms with Crippen LogP contribution in [-0.4, -0.2) is 42.1 Å². The predicted octanol–water partition coefficient (Wildman–Crippen LogP) is 1.85. The molecule has 1 aliphatic rings. The van der Waals surface area contributed by atoms with E-state index in [1.807, 2.05) is 6.20 Å². The van der Waals surface area contributed by atoms with Crippen molar-refractivity contribution >= 4 is 5.82 Å². The Bertz CT molecular complexity index is 388. The van der Waals surface area contributed by atoms with Crippen molar-refractivity contribution in [2.75, 3.05) is 25.0 Å². The van der Waals surface area contributed by atoms with Gasteiger partial charge in [0.15, 0.2) is 0 Å². The summed E-state index contributed by atoms with van der Waals surface area (Å²) in [5.41, 5.74) is 7.09. The number of rotatable bonds is 5. The third-order valence-corrected chi connectivity index (χ3v) is 4.10. The lowest BCUT2D eigenvalue weighted by atomic mass is 10.2. The molecule has 2 heterocycles. The van der Waals surface area contributed by atoms with Gasteiger partial charge in [0, 0.05) is 38.4 Å². The van der Waals surface area contributed by atoms with Crippen LogP contribution >= 0.6 is 0 Å². The maximum Gasteiger partial charge on any atom is 0.128 e. The molecule has 0 bridgehead atoms. The molecule has 0 spiro atoms. The molecule has 4 heteroatoms. The van der Waals surface area contributed by atoms with E-state index in [0.29, 0.717) is 12.1 Å². The highest BCUT2D eigenvalue weighted by Gasteiger charge is 2.22. The molecule has 1 atom stereocenters. The van der Waals surface area contributed by atoms with Crippen molar-refractivity contribution in [1.82, 2.24) is 9.88 Å². The minimum Gasteiger partial charge on any atom is -0.357 e. The zero-order valence-corrected chi connectivity index (χ0v) is 12.3. The van der Waals surface area contributed by atoms with E-state index in [0.717, 1.165) is 25.5 Å². The number of aromatic nitrogens is 1. The van der Waals surface area contributed by atoms with Gasteiger partial charge >= 0.3 is 0 Å². The second kappa shape index (κ2) is 6.35. The Balaban J connectivity index is 1.99. The summed E-state index contributed by atoms with van der Waals surface area (Å²) in [7, 11) is 2.08.